The minimum absolute atomic E-state index is 0.0972. The second kappa shape index (κ2) is 6.55. The van der Waals surface area contributed by atoms with E-state index in [0.717, 1.165) is 5.69 Å². The maximum Gasteiger partial charge on any atom is 0.244 e. The monoisotopic (exact) mass is 379 g/mol. The molecule has 3 heterocycles. The minimum Gasteiger partial charge on any atom is -0.348 e. The van der Waals surface area contributed by atoms with Crippen molar-refractivity contribution < 1.29 is 13.2 Å². The quantitative estimate of drug-likeness (QED) is 0.862. The molecule has 0 saturated carbocycles. The molecule has 0 fully saturated rings. The molecule has 2 unspecified atom stereocenters. The summed E-state index contributed by atoms with van der Waals surface area (Å²) < 4.78 is 31.7. The number of hydrogen-bond acceptors (Lipinski definition) is 4. The van der Waals surface area contributed by atoms with Crippen molar-refractivity contribution >= 4 is 15.9 Å². The maximum absolute atomic E-state index is 12.9. The van der Waals surface area contributed by atoms with Crippen LogP contribution in [0.15, 0.2) is 23.2 Å². The molecule has 142 valence electrons. The molecule has 0 radical (unpaired) electrons. The molecule has 9 heteroatoms. The number of fused-ring (bicyclic) bond motifs is 1. The Hall–Kier alpha value is -2.13. The van der Waals surface area contributed by atoms with E-state index in [1.54, 1.807) is 32.7 Å². The zero-order valence-corrected chi connectivity index (χ0v) is 16.5. The third-order valence-electron chi connectivity index (χ3n) is 5.04. The van der Waals surface area contributed by atoms with E-state index >= 15 is 0 Å². The molecule has 3 rings (SSSR count). The van der Waals surface area contributed by atoms with Gasteiger partial charge in [0.05, 0.1) is 23.5 Å². The van der Waals surface area contributed by atoms with E-state index < -0.39 is 16.1 Å². The zero-order valence-electron chi connectivity index (χ0n) is 15.7. The van der Waals surface area contributed by atoms with Crippen molar-refractivity contribution in [1.29, 1.82) is 0 Å². The average Bonchev–Trinajstić information content (AvgIpc) is 3.12. The largest absolute Gasteiger partial charge is 0.348 e. The number of nitrogens with zero attached hydrogens (tertiary/aromatic N) is 4. The first-order chi connectivity index (χ1) is 12.1. The lowest BCUT2D eigenvalue weighted by atomic mass is 10.1. The molecule has 2 aromatic heterocycles. The highest BCUT2D eigenvalue weighted by Crippen LogP contribution is 2.26. The lowest BCUT2D eigenvalue weighted by Gasteiger charge is -2.36. The second-order valence-electron chi connectivity index (χ2n) is 6.80. The van der Waals surface area contributed by atoms with Crippen molar-refractivity contribution in [2.75, 3.05) is 6.54 Å². The molecular formula is C17H25N5O3S. The second-order valence-corrected chi connectivity index (χ2v) is 8.45. The van der Waals surface area contributed by atoms with Gasteiger partial charge in [-0.25, -0.2) is 8.42 Å². The fraction of sp³-hybridized carbons (Fsp3) is 0.529. The number of aryl methyl sites for hydroxylation is 2. The predicted octanol–water partition coefficient (Wildman–Crippen LogP) is 1.11. The summed E-state index contributed by atoms with van der Waals surface area (Å²) in [7, 11) is -2.14. The summed E-state index contributed by atoms with van der Waals surface area (Å²) >= 11 is 0. The fourth-order valence-corrected chi connectivity index (χ4v) is 5.25. The van der Waals surface area contributed by atoms with Crippen LogP contribution < -0.4 is 4.72 Å². The Balaban J connectivity index is 1.79. The molecule has 0 spiro atoms. The Morgan fingerprint density at radius 1 is 1.35 bits per heavy atom. The molecule has 0 aromatic carbocycles. The van der Waals surface area contributed by atoms with Crippen LogP contribution in [-0.4, -0.2) is 46.2 Å². The Labute approximate surface area is 153 Å². The van der Waals surface area contributed by atoms with Crippen LogP contribution in [0, 0.1) is 13.8 Å². The average molecular weight is 379 g/mol. The lowest BCUT2D eigenvalue weighted by Crippen LogP contribution is -2.50. The number of carbonyl (C=O) groups excluding carboxylic acids is 1. The molecule has 2 atom stereocenters. The van der Waals surface area contributed by atoms with Crippen LogP contribution in [0.2, 0.25) is 0 Å². The van der Waals surface area contributed by atoms with Gasteiger partial charge in [0, 0.05) is 32.0 Å². The van der Waals surface area contributed by atoms with E-state index in [9.17, 15) is 13.2 Å². The zero-order chi connectivity index (χ0) is 19.2. The van der Waals surface area contributed by atoms with Crippen LogP contribution in [0.25, 0.3) is 0 Å². The molecule has 0 bridgehead atoms. The third kappa shape index (κ3) is 3.05. The number of hydrogen-bond donors (Lipinski definition) is 1. The third-order valence-corrected chi connectivity index (χ3v) is 6.83. The van der Waals surface area contributed by atoms with Crippen molar-refractivity contribution in [3.63, 3.8) is 0 Å². The normalized spacial score (nSPS) is 18.7. The summed E-state index contributed by atoms with van der Waals surface area (Å²) in [6.07, 6.45) is 1.99. The first kappa shape index (κ1) is 18.7. The molecule has 1 aliphatic heterocycles. The SMILES string of the molecule is Cc1nn(C)c(C)c1S(=O)(=O)NC(C)C(=O)N1CCn2cccc2C1C. The van der Waals surface area contributed by atoms with Crippen molar-refractivity contribution in [1.82, 2.24) is 24.0 Å². The first-order valence-electron chi connectivity index (χ1n) is 8.61. The van der Waals surface area contributed by atoms with Crippen molar-refractivity contribution in [2.45, 2.75) is 51.2 Å². The summed E-state index contributed by atoms with van der Waals surface area (Å²) in [5, 5.41) is 4.15. The van der Waals surface area contributed by atoms with Crippen LogP contribution >= 0.6 is 0 Å². The van der Waals surface area contributed by atoms with Gasteiger partial charge in [0.1, 0.15) is 4.90 Å². The summed E-state index contributed by atoms with van der Waals surface area (Å²) in [6.45, 7) is 8.15. The molecule has 0 saturated heterocycles. The summed E-state index contributed by atoms with van der Waals surface area (Å²) in [5.74, 6) is -0.229. The van der Waals surface area contributed by atoms with Gasteiger partial charge in [-0.05, 0) is 39.8 Å². The molecule has 2 aromatic rings. The highest BCUT2D eigenvalue weighted by molar-refractivity contribution is 7.89. The van der Waals surface area contributed by atoms with Gasteiger partial charge < -0.3 is 9.47 Å². The highest BCUT2D eigenvalue weighted by Gasteiger charge is 2.33. The van der Waals surface area contributed by atoms with Gasteiger partial charge in [0.15, 0.2) is 0 Å². The number of rotatable bonds is 4. The molecule has 26 heavy (non-hydrogen) atoms. The van der Waals surface area contributed by atoms with Crippen molar-refractivity contribution in [2.24, 2.45) is 7.05 Å². The van der Waals surface area contributed by atoms with E-state index in [0.29, 0.717) is 24.5 Å². The molecule has 1 amide bonds. The van der Waals surface area contributed by atoms with E-state index in [1.165, 1.54) is 4.68 Å². The van der Waals surface area contributed by atoms with Crippen LogP contribution in [0.5, 0.6) is 0 Å². The van der Waals surface area contributed by atoms with Crippen LogP contribution in [-0.2, 0) is 28.4 Å². The minimum atomic E-state index is -3.84. The number of carbonyl (C=O) groups is 1. The van der Waals surface area contributed by atoms with E-state index in [4.69, 9.17) is 0 Å². The smallest absolute Gasteiger partial charge is 0.244 e. The highest BCUT2D eigenvalue weighted by atomic mass is 32.2. The van der Waals surface area contributed by atoms with E-state index in [2.05, 4.69) is 14.4 Å². The van der Waals surface area contributed by atoms with Crippen LogP contribution in [0.3, 0.4) is 0 Å². The molecule has 1 N–H and O–H groups in total. The molecule has 8 nitrogen and oxygen atoms in total. The fourth-order valence-electron chi connectivity index (χ4n) is 3.61. The van der Waals surface area contributed by atoms with Gasteiger partial charge in [-0.2, -0.15) is 9.82 Å². The Bertz CT molecular complexity index is 944. The van der Waals surface area contributed by atoms with Gasteiger partial charge in [0.2, 0.25) is 15.9 Å². The van der Waals surface area contributed by atoms with Gasteiger partial charge in [-0.3, -0.25) is 9.48 Å². The summed E-state index contributed by atoms with van der Waals surface area (Å²) in [6, 6.07) is 2.99. The van der Waals surface area contributed by atoms with Crippen LogP contribution in [0.1, 0.15) is 37.0 Å². The van der Waals surface area contributed by atoms with E-state index in [1.807, 2.05) is 25.3 Å². The van der Waals surface area contributed by atoms with Gasteiger partial charge in [0.25, 0.3) is 0 Å². The Kier molecular flexibility index (Phi) is 4.70. The summed E-state index contributed by atoms with van der Waals surface area (Å²) in [4.78, 5) is 14.8. The maximum atomic E-state index is 12.9. The van der Waals surface area contributed by atoms with Crippen molar-refractivity contribution in [3.05, 3.63) is 35.4 Å². The number of aromatic nitrogens is 3. The Morgan fingerprint density at radius 2 is 2.04 bits per heavy atom. The first-order valence-corrected chi connectivity index (χ1v) is 10.1. The number of nitrogens with one attached hydrogen (secondary N) is 1. The molecular weight excluding hydrogens is 354 g/mol. The lowest BCUT2D eigenvalue weighted by molar-refractivity contribution is -0.135. The van der Waals surface area contributed by atoms with Crippen LogP contribution in [0.4, 0.5) is 0 Å². The van der Waals surface area contributed by atoms with Gasteiger partial charge >= 0.3 is 0 Å². The molecule has 1 aliphatic rings. The Morgan fingerprint density at radius 3 is 2.65 bits per heavy atom. The topological polar surface area (TPSA) is 89.2 Å². The number of sulfonamides is 1. The predicted molar refractivity (Wildman–Crippen MR) is 97.0 cm³/mol. The van der Waals surface area contributed by atoms with Gasteiger partial charge in [-0.1, -0.05) is 0 Å². The molecule has 0 aliphatic carbocycles. The van der Waals surface area contributed by atoms with E-state index in [-0.39, 0.29) is 16.8 Å². The summed E-state index contributed by atoms with van der Waals surface area (Å²) in [5.41, 5.74) is 2.01. The number of amides is 1. The van der Waals surface area contributed by atoms with Crippen molar-refractivity contribution in [3.8, 4) is 0 Å². The van der Waals surface area contributed by atoms with Gasteiger partial charge in [-0.15, -0.1) is 0 Å². The standard InChI is InChI=1S/C17H25N5O3S/c1-11-16(14(4)20(5)18-11)26(24,25)19-12(2)17(23)22-10-9-21-8-6-7-15(21)13(22)3/h6-8,12-13,19H,9-10H2,1-5H3.